The first-order chi connectivity index (χ1) is 10.6. The molecule has 1 aliphatic heterocycles. The number of rotatable bonds is 6. The Morgan fingerprint density at radius 2 is 2.32 bits per heavy atom. The second kappa shape index (κ2) is 8.00. The van der Waals surface area contributed by atoms with Crippen molar-refractivity contribution in [2.75, 3.05) is 31.4 Å². The van der Waals surface area contributed by atoms with Crippen LogP contribution < -0.4 is 15.8 Å². The summed E-state index contributed by atoms with van der Waals surface area (Å²) in [5, 5.41) is 2.76. The fourth-order valence-corrected chi connectivity index (χ4v) is 2.27. The maximum absolute atomic E-state index is 12.2. The van der Waals surface area contributed by atoms with Gasteiger partial charge in [-0.15, -0.1) is 0 Å². The Morgan fingerprint density at radius 3 is 3.00 bits per heavy atom. The van der Waals surface area contributed by atoms with Gasteiger partial charge in [0.15, 0.2) is 0 Å². The summed E-state index contributed by atoms with van der Waals surface area (Å²) in [5.74, 6) is 0.393. The topological polar surface area (TPSA) is 82.8 Å². The molecule has 6 heteroatoms. The highest BCUT2D eigenvalue weighted by molar-refractivity contribution is 5.96. The van der Waals surface area contributed by atoms with E-state index in [2.05, 4.69) is 5.32 Å². The summed E-state index contributed by atoms with van der Waals surface area (Å²) in [6, 6.07) is 5.12. The third-order valence-electron chi connectivity index (χ3n) is 3.69. The number of hydrogen-bond donors (Lipinski definition) is 2. The van der Waals surface area contributed by atoms with Gasteiger partial charge >= 0.3 is 0 Å². The van der Waals surface area contributed by atoms with Crippen LogP contribution in [0.5, 0.6) is 5.75 Å². The van der Waals surface area contributed by atoms with E-state index in [1.54, 1.807) is 32.2 Å². The lowest BCUT2D eigenvalue weighted by atomic mass is 10.1. The van der Waals surface area contributed by atoms with E-state index < -0.39 is 6.10 Å². The summed E-state index contributed by atoms with van der Waals surface area (Å²) in [7, 11) is 1.56. The number of nitrogen functional groups attached to an aromatic ring is 1. The number of nitrogens with one attached hydrogen (secondary N) is 1. The molecule has 0 saturated carbocycles. The summed E-state index contributed by atoms with van der Waals surface area (Å²) in [6.45, 7) is 2.92. The summed E-state index contributed by atoms with van der Waals surface area (Å²) < 4.78 is 16.3. The van der Waals surface area contributed by atoms with Crippen molar-refractivity contribution in [2.45, 2.75) is 38.4 Å². The molecule has 2 rings (SSSR count). The van der Waals surface area contributed by atoms with Gasteiger partial charge in [0.25, 0.3) is 5.91 Å². The van der Waals surface area contributed by atoms with Crippen molar-refractivity contribution in [3.05, 3.63) is 18.2 Å². The molecular formula is C16H24N2O4. The Balaban J connectivity index is 1.85. The molecule has 1 aromatic carbocycles. The Hall–Kier alpha value is -1.79. The van der Waals surface area contributed by atoms with Crippen molar-refractivity contribution < 1.29 is 19.0 Å². The first kappa shape index (κ1) is 16.6. The lowest BCUT2D eigenvalue weighted by molar-refractivity contribution is -0.130. The number of carbonyl (C=O) groups excluding carboxylic acids is 1. The van der Waals surface area contributed by atoms with E-state index in [1.807, 2.05) is 0 Å². The molecule has 1 saturated heterocycles. The molecule has 1 aromatic rings. The van der Waals surface area contributed by atoms with Crippen molar-refractivity contribution >= 4 is 17.3 Å². The molecule has 1 aliphatic rings. The number of benzene rings is 1. The minimum atomic E-state index is -0.573. The second-order valence-electron chi connectivity index (χ2n) is 5.41. The van der Waals surface area contributed by atoms with Crippen molar-refractivity contribution in [3.63, 3.8) is 0 Å². The van der Waals surface area contributed by atoms with E-state index in [-0.39, 0.29) is 12.0 Å². The SMILES string of the molecule is COc1ccc(N)c(NC(=O)C(C)OCC2CCCCO2)c1. The quantitative estimate of drug-likeness (QED) is 0.787. The molecule has 2 atom stereocenters. The monoisotopic (exact) mass is 308 g/mol. The summed E-state index contributed by atoms with van der Waals surface area (Å²) in [6.07, 6.45) is 2.75. The van der Waals surface area contributed by atoms with Gasteiger partial charge in [0.05, 0.1) is 31.2 Å². The Labute approximate surface area is 130 Å². The molecule has 6 nitrogen and oxygen atoms in total. The number of methoxy groups -OCH3 is 1. The van der Waals surface area contributed by atoms with Crippen LogP contribution in [-0.2, 0) is 14.3 Å². The van der Waals surface area contributed by atoms with Crippen LogP contribution in [0.15, 0.2) is 18.2 Å². The maximum atomic E-state index is 12.2. The molecule has 0 aromatic heterocycles. The number of carbonyl (C=O) groups is 1. The average molecular weight is 308 g/mol. The summed E-state index contributed by atoms with van der Waals surface area (Å²) >= 11 is 0. The molecule has 0 spiro atoms. The van der Waals surface area contributed by atoms with Crippen LogP contribution in [0, 0.1) is 0 Å². The lowest BCUT2D eigenvalue weighted by Crippen LogP contribution is -2.32. The van der Waals surface area contributed by atoms with Crippen molar-refractivity contribution in [2.24, 2.45) is 0 Å². The molecule has 0 aliphatic carbocycles. The van der Waals surface area contributed by atoms with Gasteiger partial charge in [-0.25, -0.2) is 0 Å². The zero-order valence-electron chi connectivity index (χ0n) is 13.1. The number of amides is 1. The van der Waals surface area contributed by atoms with Crippen LogP contribution in [0.4, 0.5) is 11.4 Å². The molecule has 122 valence electrons. The molecule has 3 N–H and O–H groups in total. The smallest absolute Gasteiger partial charge is 0.253 e. The predicted molar refractivity (Wildman–Crippen MR) is 85.0 cm³/mol. The minimum Gasteiger partial charge on any atom is -0.497 e. The third kappa shape index (κ3) is 4.61. The highest BCUT2D eigenvalue weighted by atomic mass is 16.5. The zero-order chi connectivity index (χ0) is 15.9. The standard InChI is InChI=1S/C16H24N2O4/c1-11(22-10-13-5-3-4-8-21-13)16(19)18-15-9-12(20-2)6-7-14(15)17/h6-7,9,11,13H,3-5,8,10,17H2,1-2H3,(H,18,19). The average Bonchev–Trinajstić information content (AvgIpc) is 2.55. The van der Waals surface area contributed by atoms with Gasteiger partial charge in [-0.1, -0.05) is 0 Å². The van der Waals surface area contributed by atoms with E-state index in [0.717, 1.165) is 25.9 Å². The van der Waals surface area contributed by atoms with Crippen LogP contribution >= 0.6 is 0 Å². The van der Waals surface area contributed by atoms with Crippen LogP contribution in [0.1, 0.15) is 26.2 Å². The first-order valence-electron chi connectivity index (χ1n) is 7.57. The van der Waals surface area contributed by atoms with E-state index in [0.29, 0.717) is 23.7 Å². The predicted octanol–water partition coefficient (Wildman–Crippen LogP) is 2.19. The number of anilines is 2. The van der Waals surface area contributed by atoms with Crippen LogP contribution in [0.25, 0.3) is 0 Å². The molecule has 22 heavy (non-hydrogen) atoms. The van der Waals surface area contributed by atoms with Crippen LogP contribution in [0.2, 0.25) is 0 Å². The van der Waals surface area contributed by atoms with E-state index in [9.17, 15) is 4.79 Å². The Bertz CT molecular complexity index is 501. The van der Waals surface area contributed by atoms with Crippen LogP contribution in [0.3, 0.4) is 0 Å². The largest absolute Gasteiger partial charge is 0.497 e. The molecule has 1 amide bonds. The summed E-state index contributed by atoms with van der Waals surface area (Å²) in [4.78, 5) is 12.2. The molecule has 1 fully saturated rings. The van der Waals surface area contributed by atoms with Gasteiger partial charge in [0, 0.05) is 12.7 Å². The van der Waals surface area contributed by atoms with Gasteiger partial charge in [0.1, 0.15) is 11.9 Å². The minimum absolute atomic E-state index is 0.0888. The highest BCUT2D eigenvalue weighted by Crippen LogP contribution is 2.24. The summed E-state index contributed by atoms with van der Waals surface area (Å²) in [5.41, 5.74) is 6.86. The van der Waals surface area contributed by atoms with Gasteiger partial charge in [0.2, 0.25) is 0 Å². The van der Waals surface area contributed by atoms with E-state index in [4.69, 9.17) is 19.9 Å². The van der Waals surface area contributed by atoms with Crippen molar-refractivity contribution in [1.29, 1.82) is 0 Å². The fourth-order valence-electron chi connectivity index (χ4n) is 2.27. The normalized spacial score (nSPS) is 19.5. The third-order valence-corrected chi connectivity index (χ3v) is 3.69. The van der Waals surface area contributed by atoms with Crippen molar-refractivity contribution in [1.82, 2.24) is 0 Å². The van der Waals surface area contributed by atoms with Crippen LogP contribution in [-0.4, -0.2) is 38.4 Å². The van der Waals surface area contributed by atoms with Crippen molar-refractivity contribution in [3.8, 4) is 5.75 Å². The van der Waals surface area contributed by atoms with Gasteiger partial charge < -0.3 is 25.3 Å². The number of nitrogens with two attached hydrogens (primary N) is 1. The van der Waals surface area contributed by atoms with Gasteiger partial charge in [-0.05, 0) is 38.3 Å². The van der Waals surface area contributed by atoms with Gasteiger partial charge in [-0.2, -0.15) is 0 Å². The van der Waals surface area contributed by atoms with Gasteiger partial charge in [-0.3, -0.25) is 4.79 Å². The van der Waals surface area contributed by atoms with E-state index >= 15 is 0 Å². The molecule has 2 unspecified atom stereocenters. The molecule has 1 heterocycles. The zero-order valence-corrected chi connectivity index (χ0v) is 13.1. The molecule has 0 bridgehead atoms. The number of ether oxygens (including phenoxy) is 3. The molecular weight excluding hydrogens is 284 g/mol. The Morgan fingerprint density at radius 1 is 1.50 bits per heavy atom. The fraction of sp³-hybridized carbons (Fsp3) is 0.562. The first-order valence-corrected chi connectivity index (χ1v) is 7.57. The van der Waals surface area contributed by atoms with E-state index in [1.165, 1.54) is 0 Å². The number of hydrogen-bond acceptors (Lipinski definition) is 5. The Kier molecular flexibility index (Phi) is 6.03. The lowest BCUT2D eigenvalue weighted by Gasteiger charge is -2.24. The molecule has 0 radical (unpaired) electrons. The maximum Gasteiger partial charge on any atom is 0.253 e. The highest BCUT2D eigenvalue weighted by Gasteiger charge is 2.19. The second-order valence-corrected chi connectivity index (χ2v) is 5.41.